The minimum Gasteiger partial charge on any atom is -0.359 e. The standard InChI is InChI=1S/C14H20F2N2O/c1-9(10-5-11(15)7-12(16)6-10)18-8-14(2,3)13(19)17-4/h5-7,9,18H,8H2,1-4H3,(H,17,19). The predicted molar refractivity (Wildman–Crippen MR) is 70.6 cm³/mol. The Labute approximate surface area is 112 Å². The molecular weight excluding hydrogens is 250 g/mol. The first kappa shape index (κ1) is 15.6. The summed E-state index contributed by atoms with van der Waals surface area (Å²) in [5.74, 6) is -1.29. The Hall–Kier alpha value is -1.49. The minimum atomic E-state index is -0.603. The molecule has 3 nitrogen and oxygen atoms in total. The zero-order chi connectivity index (χ0) is 14.6. The second kappa shape index (κ2) is 6.10. The molecule has 0 heterocycles. The van der Waals surface area contributed by atoms with Crippen molar-refractivity contribution in [1.82, 2.24) is 10.6 Å². The van der Waals surface area contributed by atoms with Gasteiger partial charge in [-0.25, -0.2) is 8.78 Å². The summed E-state index contributed by atoms with van der Waals surface area (Å²) < 4.78 is 26.2. The number of amides is 1. The third kappa shape index (κ3) is 4.28. The van der Waals surface area contributed by atoms with Crippen LogP contribution in [0.2, 0.25) is 0 Å². The van der Waals surface area contributed by atoms with Crippen molar-refractivity contribution in [3.63, 3.8) is 0 Å². The molecule has 1 rings (SSSR count). The molecule has 0 aromatic heterocycles. The van der Waals surface area contributed by atoms with Crippen LogP contribution in [0.25, 0.3) is 0 Å². The average molecular weight is 270 g/mol. The molecule has 1 atom stereocenters. The smallest absolute Gasteiger partial charge is 0.226 e. The minimum absolute atomic E-state index is 0.0855. The first-order valence-electron chi connectivity index (χ1n) is 6.18. The Morgan fingerprint density at radius 3 is 2.26 bits per heavy atom. The highest BCUT2D eigenvalue weighted by Gasteiger charge is 2.26. The maximum Gasteiger partial charge on any atom is 0.226 e. The quantitative estimate of drug-likeness (QED) is 0.862. The lowest BCUT2D eigenvalue weighted by Gasteiger charge is -2.25. The van der Waals surface area contributed by atoms with E-state index in [2.05, 4.69) is 10.6 Å². The molecule has 0 bridgehead atoms. The van der Waals surface area contributed by atoms with E-state index >= 15 is 0 Å². The molecule has 0 fully saturated rings. The van der Waals surface area contributed by atoms with Crippen molar-refractivity contribution >= 4 is 5.91 Å². The van der Waals surface area contributed by atoms with Crippen LogP contribution in [0.4, 0.5) is 8.78 Å². The summed E-state index contributed by atoms with van der Waals surface area (Å²) in [6.07, 6.45) is 0. The molecule has 0 aliphatic rings. The number of hydrogen-bond acceptors (Lipinski definition) is 2. The Kier molecular flexibility index (Phi) is 5.00. The summed E-state index contributed by atoms with van der Waals surface area (Å²) in [6.45, 7) is 5.82. The summed E-state index contributed by atoms with van der Waals surface area (Å²) in [6, 6.07) is 3.17. The van der Waals surface area contributed by atoms with Crippen LogP contribution in [-0.4, -0.2) is 19.5 Å². The van der Waals surface area contributed by atoms with Gasteiger partial charge in [-0.15, -0.1) is 0 Å². The number of benzene rings is 1. The highest BCUT2D eigenvalue weighted by molar-refractivity contribution is 5.81. The zero-order valence-corrected chi connectivity index (χ0v) is 11.7. The van der Waals surface area contributed by atoms with Crippen molar-refractivity contribution in [3.05, 3.63) is 35.4 Å². The molecule has 1 amide bonds. The van der Waals surface area contributed by atoms with Crippen LogP contribution in [0.15, 0.2) is 18.2 Å². The maximum absolute atomic E-state index is 13.1. The van der Waals surface area contributed by atoms with E-state index in [9.17, 15) is 13.6 Å². The fourth-order valence-corrected chi connectivity index (χ4v) is 1.77. The van der Waals surface area contributed by atoms with Crippen LogP contribution in [-0.2, 0) is 4.79 Å². The maximum atomic E-state index is 13.1. The third-order valence-electron chi connectivity index (χ3n) is 3.08. The number of rotatable bonds is 5. The highest BCUT2D eigenvalue weighted by Crippen LogP contribution is 2.19. The van der Waals surface area contributed by atoms with Gasteiger partial charge in [0.1, 0.15) is 11.6 Å². The van der Waals surface area contributed by atoms with E-state index in [1.807, 2.05) is 0 Å². The number of carbonyl (C=O) groups is 1. The summed E-state index contributed by atoms with van der Waals surface area (Å²) in [5.41, 5.74) is -0.0697. The molecule has 19 heavy (non-hydrogen) atoms. The molecule has 0 aliphatic carbocycles. The van der Waals surface area contributed by atoms with Gasteiger partial charge in [0.05, 0.1) is 5.41 Å². The fraction of sp³-hybridized carbons (Fsp3) is 0.500. The van der Waals surface area contributed by atoms with Crippen LogP contribution in [0.3, 0.4) is 0 Å². The van der Waals surface area contributed by atoms with Crippen molar-refractivity contribution in [3.8, 4) is 0 Å². The van der Waals surface area contributed by atoms with Crippen molar-refractivity contribution < 1.29 is 13.6 Å². The summed E-state index contributed by atoms with van der Waals surface area (Å²) in [5, 5.41) is 5.70. The second-order valence-corrected chi connectivity index (χ2v) is 5.27. The Bertz CT molecular complexity index is 441. The number of nitrogens with one attached hydrogen (secondary N) is 2. The van der Waals surface area contributed by atoms with Gasteiger partial charge in [-0.05, 0) is 38.5 Å². The molecule has 1 aromatic rings. The predicted octanol–water partition coefficient (Wildman–Crippen LogP) is 2.39. The Balaban J connectivity index is 2.70. The SMILES string of the molecule is CNC(=O)C(C)(C)CNC(C)c1cc(F)cc(F)c1. The van der Waals surface area contributed by atoms with Gasteiger partial charge < -0.3 is 10.6 Å². The van der Waals surface area contributed by atoms with Gasteiger partial charge in [0, 0.05) is 25.7 Å². The highest BCUT2D eigenvalue weighted by atomic mass is 19.1. The monoisotopic (exact) mass is 270 g/mol. The van der Waals surface area contributed by atoms with E-state index in [0.29, 0.717) is 12.1 Å². The molecule has 2 N–H and O–H groups in total. The van der Waals surface area contributed by atoms with Crippen molar-refractivity contribution in [2.45, 2.75) is 26.8 Å². The van der Waals surface area contributed by atoms with Crippen LogP contribution in [0.1, 0.15) is 32.4 Å². The summed E-state index contributed by atoms with van der Waals surface area (Å²) in [7, 11) is 1.58. The molecule has 106 valence electrons. The molecular formula is C14H20F2N2O. The third-order valence-corrected chi connectivity index (χ3v) is 3.08. The Morgan fingerprint density at radius 1 is 1.26 bits per heavy atom. The van der Waals surface area contributed by atoms with Gasteiger partial charge in [-0.3, -0.25) is 4.79 Å². The molecule has 5 heteroatoms. The summed E-state index contributed by atoms with van der Waals surface area (Å²) >= 11 is 0. The van der Waals surface area contributed by atoms with Crippen LogP contribution < -0.4 is 10.6 Å². The van der Waals surface area contributed by atoms with Gasteiger partial charge in [0.2, 0.25) is 5.91 Å². The van der Waals surface area contributed by atoms with E-state index in [-0.39, 0.29) is 11.9 Å². The van der Waals surface area contributed by atoms with Gasteiger partial charge in [0.15, 0.2) is 0 Å². The van der Waals surface area contributed by atoms with Crippen molar-refractivity contribution in [2.75, 3.05) is 13.6 Å². The molecule has 0 spiro atoms. The number of halogens is 2. The normalized spacial score (nSPS) is 13.2. The topological polar surface area (TPSA) is 41.1 Å². The molecule has 1 aromatic carbocycles. The lowest BCUT2D eigenvalue weighted by molar-refractivity contribution is -0.128. The van der Waals surface area contributed by atoms with E-state index in [4.69, 9.17) is 0 Å². The van der Waals surface area contributed by atoms with E-state index in [1.165, 1.54) is 12.1 Å². The molecule has 0 aliphatic heterocycles. The number of carbonyl (C=O) groups excluding carboxylic acids is 1. The first-order chi connectivity index (χ1) is 8.76. The number of hydrogen-bond donors (Lipinski definition) is 2. The average Bonchev–Trinajstić information content (AvgIpc) is 2.33. The lowest BCUT2D eigenvalue weighted by Crippen LogP contribution is -2.42. The van der Waals surface area contributed by atoms with Gasteiger partial charge >= 0.3 is 0 Å². The fourth-order valence-electron chi connectivity index (χ4n) is 1.77. The van der Waals surface area contributed by atoms with E-state index in [0.717, 1.165) is 6.07 Å². The molecule has 0 saturated carbocycles. The largest absolute Gasteiger partial charge is 0.359 e. The van der Waals surface area contributed by atoms with Crippen molar-refractivity contribution in [1.29, 1.82) is 0 Å². The molecule has 0 radical (unpaired) electrons. The van der Waals surface area contributed by atoms with Gasteiger partial charge in [0.25, 0.3) is 0 Å². The van der Waals surface area contributed by atoms with Crippen LogP contribution in [0.5, 0.6) is 0 Å². The van der Waals surface area contributed by atoms with Crippen LogP contribution >= 0.6 is 0 Å². The van der Waals surface area contributed by atoms with Gasteiger partial charge in [-0.1, -0.05) is 0 Å². The zero-order valence-electron chi connectivity index (χ0n) is 11.7. The molecule has 1 unspecified atom stereocenters. The van der Waals surface area contributed by atoms with E-state index in [1.54, 1.807) is 27.8 Å². The summed E-state index contributed by atoms with van der Waals surface area (Å²) in [4.78, 5) is 11.6. The van der Waals surface area contributed by atoms with Gasteiger partial charge in [-0.2, -0.15) is 0 Å². The van der Waals surface area contributed by atoms with E-state index < -0.39 is 17.0 Å². The Morgan fingerprint density at radius 2 is 1.79 bits per heavy atom. The van der Waals surface area contributed by atoms with Crippen LogP contribution in [0, 0.1) is 17.0 Å². The lowest BCUT2D eigenvalue weighted by atomic mass is 9.91. The second-order valence-electron chi connectivity index (χ2n) is 5.27. The first-order valence-corrected chi connectivity index (χ1v) is 6.18. The molecule has 0 saturated heterocycles. The van der Waals surface area contributed by atoms with Crippen molar-refractivity contribution in [2.24, 2.45) is 5.41 Å².